The number of benzene rings is 3. The first-order valence-electron chi connectivity index (χ1n) is 8.34. The average Bonchev–Trinajstić information content (AvgIpc) is 2.70. The van der Waals surface area contributed by atoms with Crippen molar-refractivity contribution in [3.8, 4) is 5.75 Å². The Morgan fingerprint density at radius 2 is 1.50 bits per heavy atom. The Morgan fingerprint density at radius 1 is 0.857 bits per heavy atom. The van der Waals surface area contributed by atoms with Crippen LogP contribution in [-0.4, -0.2) is 18.9 Å². The predicted octanol–water partition coefficient (Wildman–Crippen LogP) is 5.08. The third kappa shape index (κ3) is 5.06. The molecule has 3 aromatic rings. The van der Waals surface area contributed by atoms with E-state index in [1.807, 2.05) is 42.5 Å². The van der Waals surface area contributed by atoms with Gasteiger partial charge in [0.25, 0.3) is 0 Å². The van der Waals surface area contributed by atoms with E-state index in [1.165, 1.54) is 24.9 Å². The molecular weight excluding hydrogens is 396 g/mol. The van der Waals surface area contributed by atoms with Crippen LogP contribution in [0, 0.1) is 0 Å². The van der Waals surface area contributed by atoms with E-state index >= 15 is 0 Å². The summed E-state index contributed by atoms with van der Waals surface area (Å²) >= 11 is 7.45. The van der Waals surface area contributed by atoms with Gasteiger partial charge in [-0.3, -0.25) is 9.59 Å². The van der Waals surface area contributed by atoms with Crippen molar-refractivity contribution in [2.45, 2.75) is 9.79 Å². The van der Waals surface area contributed by atoms with Crippen LogP contribution in [-0.2, 0) is 9.59 Å². The minimum absolute atomic E-state index is 0.321. The largest absolute Gasteiger partial charge is 0.495 e. The van der Waals surface area contributed by atoms with Crippen LogP contribution in [0.4, 0.5) is 11.4 Å². The first kappa shape index (κ1) is 19.8. The van der Waals surface area contributed by atoms with Crippen LogP contribution >= 0.6 is 23.4 Å². The van der Waals surface area contributed by atoms with Gasteiger partial charge in [0.2, 0.25) is 0 Å². The van der Waals surface area contributed by atoms with Gasteiger partial charge in [0.15, 0.2) is 0 Å². The standard InChI is InChI=1S/C21H17ClN2O3S/c1-27-18-12-11-14(22)13-17(18)24-21(26)20(25)23-16-9-5-6-10-19(16)28-15-7-3-2-4-8-15/h2-13H,1H3,(H,23,25)(H,24,26). The van der Waals surface area contributed by atoms with Crippen molar-refractivity contribution in [3.05, 3.63) is 77.8 Å². The highest BCUT2D eigenvalue weighted by Gasteiger charge is 2.18. The van der Waals surface area contributed by atoms with Gasteiger partial charge >= 0.3 is 11.8 Å². The molecule has 0 aromatic heterocycles. The van der Waals surface area contributed by atoms with Crippen LogP contribution in [0.25, 0.3) is 0 Å². The number of hydrogen-bond donors (Lipinski definition) is 2. The van der Waals surface area contributed by atoms with Crippen LogP contribution < -0.4 is 15.4 Å². The highest BCUT2D eigenvalue weighted by Crippen LogP contribution is 2.33. The molecule has 0 heterocycles. The average molecular weight is 413 g/mol. The zero-order chi connectivity index (χ0) is 19.9. The van der Waals surface area contributed by atoms with Crippen LogP contribution in [0.2, 0.25) is 5.02 Å². The van der Waals surface area contributed by atoms with Gasteiger partial charge in [-0.1, -0.05) is 53.7 Å². The normalized spacial score (nSPS) is 10.2. The first-order chi connectivity index (χ1) is 13.6. The molecule has 3 rings (SSSR count). The molecular formula is C21H17ClN2O3S. The Balaban J connectivity index is 1.73. The maximum absolute atomic E-state index is 12.4. The van der Waals surface area contributed by atoms with E-state index in [1.54, 1.807) is 24.3 Å². The number of para-hydroxylation sites is 1. The molecule has 0 unspecified atom stereocenters. The molecule has 0 fully saturated rings. The van der Waals surface area contributed by atoms with E-state index in [0.717, 1.165) is 9.79 Å². The zero-order valence-corrected chi connectivity index (χ0v) is 16.5. The summed E-state index contributed by atoms with van der Waals surface area (Å²) in [5, 5.41) is 5.60. The number of ether oxygens (including phenoxy) is 1. The lowest BCUT2D eigenvalue weighted by molar-refractivity contribution is -0.133. The fourth-order valence-corrected chi connectivity index (χ4v) is 3.51. The molecule has 5 nitrogen and oxygen atoms in total. The van der Waals surface area contributed by atoms with Crippen molar-refractivity contribution in [2.24, 2.45) is 0 Å². The van der Waals surface area contributed by atoms with Crippen molar-refractivity contribution in [1.82, 2.24) is 0 Å². The van der Waals surface area contributed by atoms with Gasteiger partial charge in [-0.2, -0.15) is 0 Å². The van der Waals surface area contributed by atoms with Crippen LogP contribution in [0.1, 0.15) is 0 Å². The van der Waals surface area contributed by atoms with Crippen LogP contribution in [0.15, 0.2) is 82.6 Å². The first-order valence-corrected chi connectivity index (χ1v) is 9.54. The van der Waals surface area contributed by atoms with E-state index in [9.17, 15) is 9.59 Å². The second kappa shape index (κ2) is 9.30. The lowest BCUT2D eigenvalue weighted by atomic mass is 10.3. The molecule has 0 bridgehead atoms. The van der Waals surface area contributed by atoms with Crippen molar-refractivity contribution in [3.63, 3.8) is 0 Å². The van der Waals surface area contributed by atoms with Gasteiger partial charge in [0, 0.05) is 14.8 Å². The summed E-state index contributed by atoms with van der Waals surface area (Å²) < 4.78 is 5.18. The summed E-state index contributed by atoms with van der Waals surface area (Å²) in [5.41, 5.74) is 0.872. The zero-order valence-electron chi connectivity index (χ0n) is 14.9. The molecule has 0 atom stereocenters. The van der Waals surface area contributed by atoms with Gasteiger partial charge in [0.1, 0.15) is 5.75 Å². The molecule has 0 radical (unpaired) electrons. The van der Waals surface area contributed by atoms with E-state index in [-0.39, 0.29) is 0 Å². The van der Waals surface area contributed by atoms with Gasteiger partial charge < -0.3 is 15.4 Å². The predicted molar refractivity (Wildman–Crippen MR) is 112 cm³/mol. The van der Waals surface area contributed by atoms with Crippen molar-refractivity contribution < 1.29 is 14.3 Å². The number of nitrogens with one attached hydrogen (secondary N) is 2. The Kier molecular flexibility index (Phi) is 6.57. The maximum Gasteiger partial charge on any atom is 0.314 e. The monoisotopic (exact) mass is 412 g/mol. The van der Waals surface area contributed by atoms with Crippen LogP contribution in [0.5, 0.6) is 5.75 Å². The summed E-state index contributed by atoms with van der Waals surface area (Å²) in [6, 6.07) is 21.8. The van der Waals surface area contributed by atoms with Gasteiger partial charge in [-0.15, -0.1) is 0 Å². The van der Waals surface area contributed by atoms with E-state index in [4.69, 9.17) is 16.3 Å². The van der Waals surface area contributed by atoms with Gasteiger partial charge in [0.05, 0.1) is 18.5 Å². The van der Waals surface area contributed by atoms with Crippen LogP contribution in [0.3, 0.4) is 0 Å². The lowest BCUT2D eigenvalue weighted by Gasteiger charge is -2.12. The van der Waals surface area contributed by atoms with Crippen molar-refractivity contribution >= 4 is 46.6 Å². The molecule has 7 heteroatoms. The van der Waals surface area contributed by atoms with Crippen molar-refractivity contribution in [2.75, 3.05) is 17.7 Å². The highest BCUT2D eigenvalue weighted by atomic mass is 35.5. The summed E-state index contributed by atoms with van der Waals surface area (Å²) in [7, 11) is 1.47. The number of hydrogen-bond acceptors (Lipinski definition) is 4. The summed E-state index contributed by atoms with van der Waals surface area (Å²) in [4.78, 5) is 26.6. The molecule has 0 aliphatic carbocycles. The van der Waals surface area contributed by atoms with Crippen molar-refractivity contribution in [1.29, 1.82) is 0 Å². The number of carbonyl (C=O) groups excluding carboxylic acids is 2. The Morgan fingerprint density at radius 3 is 2.21 bits per heavy atom. The quantitative estimate of drug-likeness (QED) is 0.573. The Labute approximate surface area is 172 Å². The number of methoxy groups -OCH3 is 1. The Hall–Kier alpha value is -2.96. The number of halogens is 1. The number of rotatable bonds is 5. The molecule has 0 spiro atoms. The minimum Gasteiger partial charge on any atom is -0.495 e. The van der Waals surface area contributed by atoms with E-state index in [0.29, 0.717) is 22.1 Å². The van der Waals surface area contributed by atoms with E-state index < -0.39 is 11.8 Å². The number of carbonyl (C=O) groups is 2. The topological polar surface area (TPSA) is 67.4 Å². The maximum atomic E-state index is 12.4. The molecule has 3 aromatic carbocycles. The smallest absolute Gasteiger partial charge is 0.314 e. The summed E-state index contributed by atoms with van der Waals surface area (Å²) in [5.74, 6) is -1.20. The third-order valence-corrected chi connectivity index (χ3v) is 5.04. The Bertz CT molecular complexity index is 996. The number of anilines is 2. The summed E-state index contributed by atoms with van der Waals surface area (Å²) in [6.45, 7) is 0. The molecule has 0 aliphatic rings. The molecule has 2 N–H and O–H groups in total. The lowest BCUT2D eigenvalue weighted by Crippen LogP contribution is -2.29. The third-order valence-electron chi connectivity index (χ3n) is 3.72. The fraction of sp³-hybridized carbons (Fsp3) is 0.0476. The highest BCUT2D eigenvalue weighted by molar-refractivity contribution is 7.99. The number of amides is 2. The summed E-state index contributed by atoms with van der Waals surface area (Å²) in [6.07, 6.45) is 0. The second-order valence-electron chi connectivity index (χ2n) is 5.66. The molecule has 0 saturated carbocycles. The molecule has 28 heavy (non-hydrogen) atoms. The molecule has 2 amide bonds. The molecule has 0 saturated heterocycles. The molecule has 0 aliphatic heterocycles. The molecule has 142 valence electrons. The minimum atomic E-state index is -0.819. The second-order valence-corrected chi connectivity index (χ2v) is 7.22. The van der Waals surface area contributed by atoms with Gasteiger partial charge in [-0.05, 0) is 42.5 Å². The fourth-order valence-electron chi connectivity index (χ4n) is 2.41. The van der Waals surface area contributed by atoms with E-state index in [2.05, 4.69) is 10.6 Å². The van der Waals surface area contributed by atoms with Gasteiger partial charge in [-0.25, -0.2) is 0 Å². The SMILES string of the molecule is COc1ccc(Cl)cc1NC(=O)C(=O)Nc1ccccc1Sc1ccccc1.